The zero-order valence-electron chi connectivity index (χ0n) is 35.0. The molecular weight excluding hydrogens is 690 g/mol. The number of nitrogens with zero attached hydrogens (tertiary/aromatic N) is 2. The molecule has 0 aromatic heterocycles. The van der Waals surface area contributed by atoms with Gasteiger partial charge in [0.2, 0.25) is 13.4 Å². The number of anilines is 5. The number of hydrogen-bond donors (Lipinski definition) is 0. The first-order valence-corrected chi connectivity index (χ1v) is 23.6. The molecular formula is C51H52B2N2Si. The summed E-state index contributed by atoms with van der Waals surface area (Å²) in [5, 5.41) is 0. The Bertz CT molecular complexity index is 2540. The van der Waals surface area contributed by atoms with Crippen molar-refractivity contribution in [1.29, 1.82) is 0 Å². The molecule has 0 radical (unpaired) electrons. The average Bonchev–Trinajstić information content (AvgIpc) is 3.14. The maximum Gasteiger partial charge on any atom is 0.247 e. The molecule has 0 saturated carbocycles. The standard InChI is InChI=1S/C51H52B2N2Si/c1-33-28-35(3)50(36(4)29-33)52-39(7)40(8)54(42-22-20-41(21-23-42)26-27-56(9,10)11)49-25-24-43(32-46(49)52)55-47-18-14-12-16-44(47)53(45-17-13-15-19-48(45)55)51-37(5)30-34(2)31-38(51)6/h12-25,28-32H,1-11H3. The van der Waals surface area contributed by atoms with Crippen LogP contribution in [0.3, 0.4) is 0 Å². The van der Waals surface area contributed by atoms with Gasteiger partial charge in [0, 0.05) is 39.7 Å². The van der Waals surface area contributed by atoms with Crippen LogP contribution in [0.2, 0.25) is 19.6 Å². The van der Waals surface area contributed by atoms with Gasteiger partial charge < -0.3 is 9.80 Å². The van der Waals surface area contributed by atoms with Crippen LogP contribution < -0.4 is 37.1 Å². The van der Waals surface area contributed by atoms with Gasteiger partial charge in [-0.1, -0.05) is 136 Å². The lowest BCUT2D eigenvalue weighted by atomic mass is 9.33. The molecule has 0 fully saturated rings. The van der Waals surface area contributed by atoms with Crippen LogP contribution in [-0.2, 0) is 0 Å². The Balaban J connectivity index is 1.34. The van der Waals surface area contributed by atoms with Crippen LogP contribution in [0.25, 0.3) is 0 Å². The van der Waals surface area contributed by atoms with Crippen LogP contribution in [0.5, 0.6) is 0 Å². The maximum atomic E-state index is 3.54. The molecule has 0 unspecified atom stereocenters. The summed E-state index contributed by atoms with van der Waals surface area (Å²) in [6, 6.07) is 43.6. The third-order valence-electron chi connectivity index (χ3n) is 11.9. The first kappa shape index (κ1) is 37.5. The highest BCUT2D eigenvalue weighted by molar-refractivity contribution is 6.98. The SMILES string of the molecule is CC1=C(C)N(c2ccc(C#C[Si](C)(C)C)cc2)c2ccc(N3c4ccccc4B(c4c(C)cc(C)cc4C)c4ccccc43)cc2B1c1c(C)cc(C)cc1C. The normalized spacial score (nSPS) is 13.6. The number of allylic oxidation sites excluding steroid dienone is 2. The number of aryl methyl sites for hydroxylation is 6. The molecule has 0 atom stereocenters. The van der Waals surface area contributed by atoms with Gasteiger partial charge in [-0.3, -0.25) is 0 Å². The molecule has 5 heteroatoms. The highest BCUT2D eigenvalue weighted by Gasteiger charge is 2.39. The fourth-order valence-corrected chi connectivity index (χ4v) is 10.1. The van der Waals surface area contributed by atoms with E-state index in [9.17, 15) is 0 Å². The van der Waals surface area contributed by atoms with Gasteiger partial charge >= 0.3 is 0 Å². The molecule has 0 bridgehead atoms. The largest absolute Gasteiger partial charge is 0.316 e. The molecule has 2 heterocycles. The van der Waals surface area contributed by atoms with E-state index in [-0.39, 0.29) is 13.4 Å². The predicted octanol–water partition coefficient (Wildman–Crippen LogP) is 9.66. The smallest absolute Gasteiger partial charge is 0.247 e. The third-order valence-corrected chi connectivity index (χ3v) is 12.8. The van der Waals surface area contributed by atoms with E-state index < -0.39 is 8.07 Å². The monoisotopic (exact) mass is 742 g/mol. The summed E-state index contributed by atoms with van der Waals surface area (Å²) < 4.78 is 0. The van der Waals surface area contributed by atoms with Gasteiger partial charge in [0.1, 0.15) is 8.07 Å². The van der Waals surface area contributed by atoms with E-state index in [0.717, 1.165) is 11.3 Å². The molecule has 6 aromatic carbocycles. The number of rotatable bonds is 4. The average molecular weight is 743 g/mol. The molecule has 2 aliphatic heterocycles. The van der Waals surface area contributed by atoms with Crippen molar-refractivity contribution >= 4 is 77.3 Å². The zero-order valence-corrected chi connectivity index (χ0v) is 36.0. The van der Waals surface area contributed by atoms with Crippen molar-refractivity contribution in [2.24, 2.45) is 0 Å². The third kappa shape index (κ3) is 6.55. The minimum atomic E-state index is -1.48. The fourth-order valence-electron chi connectivity index (χ4n) is 9.62. The molecule has 6 aromatic rings. The number of benzene rings is 6. The van der Waals surface area contributed by atoms with Crippen molar-refractivity contribution in [2.45, 2.75) is 75.0 Å². The summed E-state index contributed by atoms with van der Waals surface area (Å²) >= 11 is 0. The van der Waals surface area contributed by atoms with E-state index in [2.05, 4.69) is 212 Å². The van der Waals surface area contributed by atoms with E-state index in [1.165, 1.54) is 94.6 Å². The zero-order chi connectivity index (χ0) is 39.6. The molecule has 0 saturated heterocycles. The first-order chi connectivity index (χ1) is 26.7. The summed E-state index contributed by atoms with van der Waals surface area (Å²) in [6.45, 7) is 25.3. The van der Waals surface area contributed by atoms with Crippen LogP contribution in [0.15, 0.2) is 126 Å². The van der Waals surface area contributed by atoms with Gasteiger partial charge in [-0.05, 0) is 126 Å². The van der Waals surface area contributed by atoms with Gasteiger partial charge in [-0.2, -0.15) is 0 Å². The van der Waals surface area contributed by atoms with E-state index in [1.54, 1.807) is 0 Å². The number of hydrogen-bond acceptors (Lipinski definition) is 2. The number of para-hydroxylation sites is 2. The molecule has 8 rings (SSSR count). The summed E-state index contributed by atoms with van der Waals surface area (Å²) in [6.07, 6.45) is 0. The van der Waals surface area contributed by atoms with Crippen LogP contribution >= 0.6 is 0 Å². The van der Waals surface area contributed by atoms with E-state index >= 15 is 0 Å². The van der Waals surface area contributed by atoms with E-state index in [1.807, 2.05) is 0 Å². The van der Waals surface area contributed by atoms with Crippen molar-refractivity contribution < 1.29 is 0 Å². The molecule has 0 amide bonds. The van der Waals surface area contributed by atoms with Crippen molar-refractivity contribution in [2.75, 3.05) is 9.80 Å². The van der Waals surface area contributed by atoms with Gasteiger partial charge in [-0.15, -0.1) is 5.54 Å². The highest BCUT2D eigenvalue weighted by atomic mass is 28.3. The minimum absolute atomic E-state index is 0.115. The molecule has 276 valence electrons. The van der Waals surface area contributed by atoms with Gasteiger partial charge in [-0.25, -0.2) is 0 Å². The van der Waals surface area contributed by atoms with Crippen molar-refractivity contribution in [3.05, 3.63) is 165 Å². The second-order valence-electron chi connectivity index (χ2n) is 17.3. The van der Waals surface area contributed by atoms with Crippen LogP contribution in [-0.4, -0.2) is 21.5 Å². The van der Waals surface area contributed by atoms with Crippen molar-refractivity contribution in [3.8, 4) is 11.5 Å². The lowest BCUT2D eigenvalue weighted by molar-refractivity contribution is 1.12. The quantitative estimate of drug-likeness (QED) is 0.131. The lowest BCUT2D eigenvalue weighted by Gasteiger charge is -2.40. The van der Waals surface area contributed by atoms with Crippen molar-refractivity contribution in [3.63, 3.8) is 0 Å². The Morgan fingerprint density at radius 2 is 0.929 bits per heavy atom. The molecule has 0 N–H and O–H groups in total. The van der Waals surface area contributed by atoms with Crippen LogP contribution in [0, 0.1) is 53.0 Å². The summed E-state index contributed by atoms with van der Waals surface area (Å²) in [7, 11) is -1.48. The summed E-state index contributed by atoms with van der Waals surface area (Å²) in [5.41, 5.74) is 28.1. The Morgan fingerprint density at radius 1 is 0.464 bits per heavy atom. The molecule has 0 spiro atoms. The predicted molar refractivity (Wildman–Crippen MR) is 249 cm³/mol. The Labute approximate surface area is 337 Å². The molecule has 0 aliphatic carbocycles. The van der Waals surface area contributed by atoms with E-state index in [4.69, 9.17) is 0 Å². The second kappa shape index (κ2) is 14.3. The molecule has 2 nitrogen and oxygen atoms in total. The Hall–Kier alpha value is -5.43. The van der Waals surface area contributed by atoms with Crippen molar-refractivity contribution in [1.82, 2.24) is 0 Å². The van der Waals surface area contributed by atoms with Crippen LogP contribution in [0.4, 0.5) is 28.4 Å². The second-order valence-corrected chi connectivity index (χ2v) is 22.1. The fraction of sp³-hybridized carbons (Fsp3) is 0.216. The van der Waals surface area contributed by atoms with Gasteiger partial charge in [0.15, 0.2) is 0 Å². The first-order valence-electron chi connectivity index (χ1n) is 20.1. The van der Waals surface area contributed by atoms with E-state index in [0.29, 0.717) is 0 Å². The molecule has 2 aliphatic rings. The topological polar surface area (TPSA) is 6.48 Å². The Kier molecular flexibility index (Phi) is 9.54. The van der Waals surface area contributed by atoms with Gasteiger partial charge in [0.05, 0.1) is 0 Å². The minimum Gasteiger partial charge on any atom is -0.316 e. The van der Waals surface area contributed by atoms with Crippen LogP contribution in [0.1, 0.15) is 52.8 Å². The Morgan fingerprint density at radius 3 is 1.45 bits per heavy atom. The maximum absolute atomic E-state index is 3.54. The lowest BCUT2D eigenvalue weighted by Crippen LogP contribution is -2.58. The summed E-state index contributed by atoms with van der Waals surface area (Å²) in [5.74, 6) is 3.46. The molecule has 56 heavy (non-hydrogen) atoms. The highest BCUT2D eigenvalue weighted by Crippen LogP contribution is 2.40. The van der Waals surface area contributed by atoms with Gasteiger partial charge in [0.25, 0.3) is 0 Å². The number of fused-ring (bicyclic) bond motifs is 3. The summed E-state index contributed by atoms with van der Waals surface area (Å²) in [4.78, 5) is 4.99.